The summed E-state index contributed by atoms with van der Waals surface area (Å²) in [6.07, 6.45) is -4.98. The van der Waals surface area contributed by atoms with E-state index in [2.05, 4.69) is 10.4 Å². The number of halogens is 1. The Labute approximate surface area is 195 Å². The van der Waals surface area contributed by atoms with Gasteiger partial charge < -0.3 is 30.1 Å². The second kappa shape index (κ2) is 10.3. The minimum absolute atomic E-state index is 0.0463. The van der Waals surface area contributed by atoms with Crippen molar-refractivity contribution in [1.29, 1.82) is 0 Å². The molecule has 1 aromatic carbocycles. The van der Waals surface area contributed by atoms with Gasteiger partial charge in [0.05, 0.1) is 11.6 Å². The molecule has 1 saturated heterocycles. The minimum Gasteiger partial charge on any atom is -0.484 e. The molecule has 1 amide bonds. The molecule has 0 unspecified atom stereocenters. The lowest BCUT2D eigenvalue weighted by Gasteiger charge is -2.42. The van der Waals surface area contributed by atoms with E-state index in [4.69, 9.17) is 33.3 Å². The van der Waals surface area contributed by atoms with E-state index in [0.717, 1.165) is 0 Å². The molecule has 1 aliphatic rings. The fraction of sp³-hybridized carbons (Fsp3) is 0.550. The van der Waals surface area contributed by atoms with Crippen LogP contribution in [0.2, 0.25) is 5.02 Å². The first-order valence-electron chi connectivity index (χ1n) is 10.1. The molecule has 3 rings (SSSR count). The Kier molecular flexibility index (Phi) is 7.91. The molecule has 12 heteroatoms. The maximum absolute atomic E-state index is 11.7. The smallest absolute Gasteiger partial charge is 0.217 e. The molecular formula is C20H27ClN4O6S. The number of nitrogens with zero attached hydrogens (tertiary/aromatic N) is 3. The monoisotopic (exact) mass is 486 g/mol. The highest BCUT2D eigenvalue weighted by Crippen LogP contribution is 2.30. The molecule has 0 spiro atoms. The molecule has 4 N–H and O–H groups in total. The van der Waals surface area contributed by atoms with Crippen LogP contribution in [0.5, 0.6) is 5.75 Å². The number of hydrogen-bond acceptors (Lipinski definition) is 8. The number of ether oxygens (including phenoxy) is 2. The highest BCUT2D eigenvalue weighted by Gasteiger charge is 2.46. The summed E-state index contributed by atoms with van der Waals surface area (Å²) in [6.45, 7) is 4.63. The standard InChI is InChI=1S/C20H27ClN4O6S/c1-10(2)24-15(9-30-13-7-5-4-6-12(13)21)23-25(20(24)32)19-16(22-11(3)27)18(29)17(28)14(8-26)31-19/h4-7,10,14,16-19,26,28-29H,8-9H2,1-3H3,(H,22,27)/t14-,16+,17+,18-,19+/m0/s1. The predicted molar refractivity (Wildman–Crippen MR) is 118 cm³/mol. The van der Waals surface area contributed by atoms with Gasteiger partial charge >= 0.3 is 0 Å². The van der Waals surface area contributed by atoms with Crippen molar-refractivity contribution in [3.63, 3.8) is 0 Å². The van der Waals surface area contributed by atoms with Gasteiger partial charge in [-0.1, -0.05) is 23.7 Å². The molecule has 32 heavy (non-hydrogen) atoms. The quantitative estimate of drug-likeness (QED) is 0.431. The number of nitrogens with one attached hydrogen (secondary N) is 1. The molecule has 0 saturated carbocycles. The number of rotatable bonds is 7. The molecule has 176 valence electrons. The van der Waals surface area contributed by atoms with Crippen molar-refractivity contribution in [2.75, 3.05) is 6.61 Å². The van der Waals surface area contributed by atoms with E-state index < -0.39 is 43.1 Å². The van der Waals surface area contributed by atoms with Crippen LogP contribution in [0.4, 0.5) is 0 Å². The van der Waals surface area contributed by atoms with Crippen LogP contribution in [-0.4, -0.2) is 66.5 Å². The summed E-state index contributed by atoms with van der Waals surface area (Å²) in [5.74, 6) is 0.513. The van der Waals surface area contributed by atoms with Crippen LogP contribution in [0.25, 0.3) is 0 Å². The van der Waals surface area contributed by atoms with Crippen molar-refractivity contribution in [2.45, 2.75) is 64.0 Å². The number of para-hydroxylation sites is 1. The van der Waals surface area contributed by atoms with E-state index >= 15 is 0 Å². The summed E-state index contributed by atoms with van der Waals surface area (Å²) < 4.78 is 15.0. The van der Waals surface area contributed by atoms with Gasteiger partial charge in [-0.25, -0.2) is 4.68 Å². The number of aliphatic hydroxyl groups excluding tert-OH is 3. The van der Waals surface area contributed by atoms with E-state index in [1.807, 2.05) is 13.8 Å². The predicted octanol–water partition coefficient (Wildman–Crippen LogP) is 1.34. The summed E-state index contributed by atoms with van der Waals surface area (Å²) in [5, 5.41) is 38.0. The van der Waals surface area contributed by atoms with Gasteiger partial charge in [-0.3, -0.25) is 9.36 Å². The first kappa shape index (κ1) is 24.6. The Morgan fingerprint density at radius 3 is 2.62 bits per heavy atom. The number of hydrogen-bond donors (Lipinski definition) is 4. The zero-order valence-electron chi connectivity index (χ0n) is 17.9. The molecule has 2 aromatic rings. The average molecular weight is 487 g/mol. The minimum atomic E-state index is -1.41. The third-order valence-corrected chi connectivity index (χ3v) is 5.82. The van der Waals surface area contributed by atoms with Gasteiger partial charge in [0.25, 0.3) is 0 Å². The van der Waals surface area contributed by atoms with Gasteiger partial charge in [-0.2, -0.15) is 5.10 Å². The molecule has 1 aliphatic heterocycles. The molecule has 0 aliphatic carbocycles. The summed E-state index contributed by atoms with van der Waals surface area (Å²) in [4.78, 5) is 11.7. The maximum atomic E-state index is 11.7. The first-order valence-corrected chi connectivity index (χ1v) is 10.9. The first-order chi connectivity index (χ1) is 15.1. The van der Waals surface area contributed by atoms with Crippen LogP contribution in [0.3, 0.4) is 0 Å². The molecule has 10 nitrogen and oxygen atoms in total. The second-order valence-corrected chi connectivity index (χ2v) is 8.55. The van der Waals surface area contributed by atoms with Crippen LogP contribution < -0.4 is 10.1 Å². The zero-order chi connectivity index (χ0) is 23.6. The molecule has 0 bridgehead atoms. The maximum Gasteiger partial charge on any atom is 0.217 e. The zero-order valence-corrected chi connectivity index (χ0v) is 19.5. The Balaban J connectivity index is 1.99. The third-order valence-electron chi connectivity index (χ3n) is 5.12. The van der Waals surface area contributed by atoms with Crippen LogP contribution >= 0.6 is 23.8 Å². The van der Waals surface area contributed by atoms with Crippen molar-refractivity contribution in [3.05, 3.63) is 39.9 Å². The van der Waals surface area contributed by atoms with Gasteiger partial charge in [0.2, 0.25) is 10.7 Å². The second-order valence-electron chi connectivity index (χ2n) is 7.78. The highest BCUT2D eigenvalue weighted by atomic mass is 35.5. The number of benzene rings is 1. The Morgan fingerprint density at radius 1 is 1.34 bits per heavy atom. The Morgan fingerprint density at radius 2 is 2.03 bits per heavy atom. The van der Waals surface area contributed by atoms with Crippen LogP contribution in [0, 0.1) is 4.77 Å². The third kappa shape index (κ3) is 4.98. The van der Waals surface area contributed by atoms with Gasteiger partial charge in [0.1, 0.15) is 36.7 Å². The number of aliphatic hydroxyl groups is 3. The van der Waals surface area contributed by atoms with Crippen LogP contribution in [0.15, 0.2) is 24.3 Å². The van der Waals surface area contributed by atoms with E-state index in [9.17, 15) is 20.1 Å². The fourth-order valence-electron chi connectivity index (χ4n) is 3.62. The van der Waals surface area contributed by atoms with Crippen molar-refractivity contribution in [3.8, 4) is 5.75 Å². The van der Waals surface area contributed by atoms with Crippen molar-refractivity contribution < 1.29 is 29.6 Å². The summed E-state index contributed by atoms with van der Waals surface area (Å²) in [5.41, 5.74) is 0. The summed E-state index contributed by atoms with van der Waals surface area (Å²) in [7, 11) is 0. The fourth-order valence-corrected chi connectivity index (χ4v) is 4.27. The highest BCUT2D eigenvalue weighted by molar-refractivity contribution is 7.71. The number of amides is 1. The van der Waals surface area contributed by atoms with Crippen LogP contribution in [0.1, 0.15) is 38.9 Å². The molecule has 1 fully saturated rings. The van der Waals surface area contributed by atoms with Crippen LogP contribution in [-0.2, 0) is 16.1 Å². The lowest BCUT2D eigenvalue weighted by Crippen LogP contribution is -2.62. The van der Waals surface area contributed by atoms with Gasteiger partial charge in [-0.15, -0.1) is 0 Å². The lowest BCUT2D eigenvalue weighted by molar-refractivity contribution is -0.219. The van der Waals surface area contributed by atoms with E-state index in [0.29, 0.717) is 16.6 Å². The van der Waals surface area contributed by atoms with E-state index in [1.165, 1.54) is 11.6 Å². The molecule has 5 atom stereocenters. The number of aromatic nitrogens is 3. The van der Waals surface area contributed by atoms with E-state index in [1.54, 1.807) is 28.8 Å². The average Bonchev–Trinajstić information content (AvgIpc) is 3.07. The van der Waals surface area contributed by atoms with Crippen molar-refractivity contribution >= 4 is 29.7 Å². The van der Waals surface area contributed by atoms with Gasteiger partial charge in [-0.05, 0) is 38.2 Å². The molecule has 2 heterocycles. The topological polar surface area (TPSA) is 131 Å². The van der Waals surface area contributed by atoms with E-state index in [-0.39, 0.29) is 17.4 Å². The van der Waals surface area contributed by atoms with Gasteiger partial charge in [0.15, 0.2) is 12.1 Å². The number of carbonyl (C=O) groups is 1. The molecule has 1 aromatic heterocycles. The SMILES string of the molecule is CC(=O)N[C@@H]1[C@H](O)[C@H](O)[C@H](CO)O[C@H]1n1nc(COc2ccccc2Cl)n(C(C)C)c1=S. The Bertz CT molecular complexity index is 1010. The molecule has 0 radical (unpaired) electrons. The summed E-state index contributed by atoms with van der Waals surface area (Å²) >= 11 is 11.8. The van der Waals surface area contributed by atoms with Crippen molar-refractivity contribution in [1.82, 2.24) is 19.7 Å². The Hall–Kier alpha value is -2.02. The molecular weight excluding hydrogens is 460 g/mol. The van der Waals surface area contributed by atoms with Gasteiger partial charge in [0, 0.05) is 13.0 Å². The lowest BCUT2D eigenvalue weighted by atomic mass is 9.96. The number of carbonyl (C=O) groups excluding carboxylic acids is 1. The largest absolute Gasteiger partial charge is 0.484 e. The normalized spacial score (nSPS) is 25.7. The summed E-state index contributed by atoms with van der Waals surface area (Å²) in [6, 6.07) is 5.89. The van der Waals surface area contributed by atoms with Crippen molar-refractivity contribution in [2.24, 2.45) is 0 Å².